The van der Waals surface area contributed by atoms with E-state index in [4.69, 9.17) is 10.5 Å². The van der Waals surface area contributed by atoms with Crippen molar-refractivity contribution >= 4 is 0 Å². The molecule has 1 atom stereocenters. The van der Waals surface area contributed by atoms with Gasteiger partial charge in [-0.2, -0.15) is 0 Å². The quantitative estimate of drug-likeness (QED) is 0.674. The van der Waals surface area contributed by atoms with Crippen LogP contribution < -0.4 is 5.73 Å². The van der Waals surface area contributed by atoms with E-state index in [0.717, 1.165) is 32.5 Å². The average Bonchev–Trinajstić information content (AvgIpc) is 2.63. The summed E-state index contributed by atoms with van der Waals surface area (Å²) in [6.07, 6.45) is 2.04. The average molecular weight is 326 g/mol. The molecule has 0 aliphatic carbocycles. The molecule has 1 unspecified atom stereocenters. The maximum absolute atomic E-state index is 6.21. The molecule has 2 aromatic carbocycles. The van der Waals surface area contributed by atoms with Gasteiger partial charge in [0.05, 0.1) is 0 Å². The molecule has 0 bridgehead atoms. The molecular formula is C21H30N2O. The molecule has 0 radical (unpaired) electrons. The zero-order valence-electron chi connectivity index (χ0n) is 14.9. The highest BCUT2D eigenvalue weighted by molar-refractivity contribution is 5.18. The van der Waals surface area contributed by atoms with E-state index in [0.29, 0.717) is 6.54 Å². The number of hydrogen-bond acceptors (Lipinski definition) is 3. The molecule has 0 aliphatic heterocycles. The van der Waals surface area contributed by atoms with E-state index >= 15 is 0 Å². The Balaban J connectivity index is 2.19. The molecule has 2 aromatic rings. The Hall–Kier alpha value is -1.68. The van der Waals surface area contributed by atoms with Crippen molar-refractivity contribution in [2.45, 2.75) is 38.4 Å². The van der Waals surface area contributed by atoms with Gasteiger partial charge in [-0.05, 0) is 30.9 Å². The van der Waals surface area contributed by atoms with Gasteiger partial charge in [-0.3, -0.25) is 4.90 Å². The topological polar surface area (TPSA) is 38.5 Å². The monoisotopic (exact) mass is 326 g/mol. The van der Waals surface area contributed by atoms with E-state index in [-0.39, 0.29) is 5.54 Å². The smallest absolute Gasteiger partial charge is 0.0462 e. The minimum Gasteiger partial charge on any atom is -0.385 e. The summed E-state index contributed by atoms with van der Waals surface area (Å²) >= 11 is 0. The van der Waals surface area contributed by atoms with Crippen molar-refractivity contribution in [3.63, 3.8) is 0 Å². The van der Waals surface area contributed by atoms with Crippen LogP contribution in [0.4, 0.5) is 0 Å². The van der Waals surface area contributed by atoms with Crippen LogP contribution in [-0.2, 0) is 17.8 Å². The van der Waals surface area contributed by atoms with E-state index in [1.807, 2.05) is 0 Å². The highest BCUT2D eigenvalue weighted by Crippen LogP contribution is 2.25. The first kappa shape index (κ1) is 18.7. The lowest BCUT2D eigenvalue weighted by Gasteiger charge is -2.41. The fraction of sp³-hybridized carbons (Fsp3) is 0.429. The largest absolute Gasteiger partial charge is 0.385 e. The number of methoxy groups -OCH3 is 1. The molecule has 0 saturated carbocycles. The molecule has 0 spiro atoms. The second-order valence-corrected chi connectivity index (χ2v) is 6.62. The second-order valence-electron chi connectivity index (χ2n) is 6.62. The zero-order valence-corrected chi connectivity index (χ0v) is 14.9. The lowest BCUT2D eigenvalue weighted by molar-refractivity contribution is 0.0725. The summed E-state index contributed by atoms with van der Waals surface area (Å²) in [7, 11) is 1.76. The molecule has 0 aliphatic rings. The van der Waals surface area contributed by atoms with Crippen LogP contribution in [0.25, 0.3) is 0 Å². The first-order chi connectivity index (χ1) is 11.7. The standard InChI is InChI=1S/C21H30N2O/c1-21(18-22,14-9-15-24-2)23(16-19-10-5-3-6-11-19)17-20-12-7-4-8-13-20/h3-8,10-13H,9,14-18,22H2,1-2H3. The van der Waals surface area contributed by atoms with Gasteiger partial charge in [0.15, 0.2) is 0 Å². The van der Waals surface area contributed by atoms with Crippen LogP contribution in [0, 0.1) is 0 Å². The maximum atomic E-state index is 6.21. The molecule has 3 nitrogen and oxygen atoms in total. The summed E-state index contributed by atoms with van der Waals surface area (Å²) in [4.78, 5) is 2.51. The van der Waals surface area contributed by atoms with Crippen LogP contribution in [0.5, 0.6) is 0 Å². The molecule has 2 rings (SSSR count). The molecule has 2 N–H and O–H groups in total. The highest BCUT2D eigenvalue weighted by atomic mass is 16.5. The van der Waals surface area contributed by atoms with Gasteiger partial charge in [0.1, 0.15) is 0 Å². The highest BCUT2D eigenvalue weighted by Gasteiger charge is 2.30. The van der Waals surface area contributed by atoms with Crippen LogP contribution in [0.3, 0.4) is 0 Å². The number of rotatable bonds is 10. The summed E-state index contributed by atoms with van der Waals surface area (Å²) in [5.74, 6) is 0. The number of ether oxygens (including phenoxy) is 1. The summed E-state index contributed by atoms with van der Waals surface area (Å²) in [5.41, 5.74) is 8.80. The third-order valence-electron chi connectivity index (χ3n) is 4.70. The van der Waals surface area contributed by atoms with Gasteiger partial charge < -0.3 is 10.5 Å². The minimum absolute atomic E-state index is 0.0514. The first-order valence-electron chi connectivity index (χ1n) is 8.70. The molecule has 0 aromatic heterocycles. The Morgan fingerprint density at radius 1 is 0.917 bits per heavy atom. The Kier molecular flexibility index (Phi) is 7.44. The van der Waals surface area contributed by atoms with Gasteiger partial charge >= 0.3 is 0 Å². The summed E-state index contributed by atoms with van der Waals surface area (Å²) in [6.45, 7) is 5.48. The number of hydrogen-bond donors (Lipinski definition) is 1. The van der Waals surface area contributed by atoms with Crippen molar-refractivity contribution in [2.75, 3.05) is 20.3 Å². The van der Waals surface area contributed by atoms with E-state index in [1.54, 1.807) is 7.11 Å². The van der Waals surface area contributed by atoms with Crippen molar-refractivity contribution < 1.29 is 4.74 Å². The molecule has 24 heavy (non-hydrogen) atoms. The number of nitrogens with zero attached hydrogens (tertiary/aromatic N) is 1. The van der Waals surface area contributed by atoms with E-state index < -0.39 is 0 Å². The molecule has 130 valence electrons. The summed E-state index contributed by atoms with van der Waals surface area (Å²) in [5, 5.41) is 0. The van der Waals surface area contributed by atoms with E-state index in [1.165, 1.54) is 11.1 Å². The van der Waals surface area contributed by atoms with Crippen molar-refractivity contribution in [1.82, 2.24) is 4.90 Å². The van der Waals surface area contributed by atoms with Gasteiger partial charge in [-0.25, -0.2) is 0 Å². The molecule has 0 heterocycles. The van der Waals surface area contributed by atoms with Crippen LogP contribution in [0.1, 0.15) is 30.9 Å². The van der Waals surface area contributed by atoms with Gasteiger partial charge in [0.25, 0.3) is 0 Å². The predicted molar refractivity (Wildman–Crippen MR) is 101 cm³/mol. The number of nitrogens with two attached hydrogens (primary N) is 1. The molecule has 3 heteroatoms. The molecule has 0 fully saturated rings. The van der Waals surface area contributed by atoms with Crippen LogP contribution in [-0.4, -0.2) is 30.7 Å². The van der Waals surface area contributed by atoms with E-state index in [2.05, 4.69) is 72.5 Å². The lowest BCUT2D eigenvalue weighted by Crippen LogP contribution is -2.51. The first-order valence-corrected chi connectivity index (χ1v) is 8.70. The Bertz CT molecular complexity index is 531. The summed E-state index contributed by atoms with van der Waals surface area (Å²) in [6, 6.07) is 21.3. The van der Waals surface area contributed by atoms with Crippen molar-refractivity contribution in [3.8, 4) is 0 Å². The molecule has 0 saturated heterocycles. The van der Waals surface area contributed by atoms with Crippen LogP contribution >= 0.6 is 0 Å². The fourth-order valence-corrected chi connectivity index (χ4v) is 3.03. The van der Waals surface area contributed by atoms with Gasteiger partial charge in [-0.1, -0.05) is 60.7 Å². The zero-order chi connectivity index (χ0) is 17.3. The SMILES string of the molecule is COCCCC(C)(CN)N(Cc1ccccc1)Cc1ccccc1. The molecular weight excluding hydrogens is 296 g/mol. The van der Waals surface area contributed by atoms with Crippen molar-refractivity contribution in [1.29, 1.82) is 0 Å². The lowest BCUT2D eigenvalue weighted by atomic mass is 9.92. The predicted octanol–water partition coefficient (Wildman–Crippen LogP) is 3.83. The van der Waals surface area contributed by atoms with Crippen molar-refractivity contribution in [2.24, 2.45) is 5.73 Å². The van der Waals surface area contributed by atoms with E-state index in [9.17, 15) is 0 Å². The normalized spacial score (nSPS) is 13.8. The van der Waals surface area contributed by atoms with Gasteiger partial charge in [-0.15, -0.1) is 0 Å². The summed E-state index contributed by atoms with van der Waals surface area (Å²) < 4.78 is 5.24. The fourth-order valence-electron chi connectivity index (χ4n) is 3.03. The molecule has 0 amide bonds. The maximum Gasteiger partial charge on any atom is 0.0462 e. The third-order valence-corrected chi connectivity index (χ3v) is 4.70. The van der Waals surface area contributed by atoms with Crippen LogP contribution in [0.15, 0.2) is 60.7 Å². The Labute approximate surface area is 146 Å². The van der Waals surface area contributed by atoms with Crippen LogP contribution in [0.2, 0.25) is 0 Å². The van der Waals surface area contributed by atoms with Gasteiger partial charge in [0, 0.05) is 38.9 Å². The second kappa shape index (κ2) is 9.58. The Morgan fingerprint density at radius 2 is 1.42 bits per heavy atom. The minimum atomic E-state index is -0.0514. The van der Waals surface area contributed by atoms with Gasteiger partial charge in [0.2, 0.25) is 0 Å². The number of benzene rings is 2. The third kappa shape index (κ3) is 5.45. The van der Waals surface area contributed by atoms with Crippen molar-refractivity contribution in [3.05, 3.63) is 71.8 Å². The Morgan fingerprint density at radius 3 is 1.83 bits per heavy atom.